The van der Waals surface area contributed by atoms with Gasteiger partial charge in [-0.1, -0.05) is 48.6 Å². The van der Waals surface area contributed by atoms with Crippen LogP contribution in [-0.2, 0) is 0 Å². The van der Waals surface area contributed by atoms with Crippen molar-refractivity contribution in [2.75, 3.05) is 31.1 Å². The van der Waals surface area contributed by atoms with Crippen LogP contribution >= 0.6 is 11.6 Å². The molecule has 0 amide bonds. The highest BCUT2D eigenvalue weighted by molar-refractivity contribution is 6.30. The van der Waals surface area contributed by atoms with Crippen molar-refractivity contribution in [2.45, 2.75) is 65.0 Å². The number of nitrogens with zero attached hydrogens (tertiary/aromatic N) is 6. The molecule has 6 rings (SSSR count). The molecule has 1 saturated carbocycles. The number of H-pyrrole nitrogens is 1. The molecular weight excluding hydrogens is 510 g/mol. The zero-order chi connectivity index (χ0) is 27.1. The normalized spacial score (nSPS) is 18.1. The zero-order valence-electron chi connectivity index (χ0n) is 23.0. The van der Waals surface area contributed by atoms with Gasteiger partial charge in [0.15, 0.2) is 5.82 Å². The van der Waals surface area contributed by atoms with E-state index in [-0.39, 0.29) is 17.6 Å². The Bertz CT molecular complexity index is 1550. The Morgan fingerprint density at radius 1 is 0.949 bits per heavy atom. The smallest absolute Gasteiger partial charge is 0.253 e. The van der Waals surface area contributed by atoms with Gasteiger partial charge in [-0.3, -0.25) is 9.69 Å². The number of aromatic amines is 1. The van der Waals surface area contributed by atoms with Crippen LogP contribution in [0.3, 0.4) is 0 Å². The number of hydrogen-bond donors (Lipinski definition) is 1. The summed E-state index contributed by atoms with van der Waals surface area (Å²) in [6.45, 7) is 9.46. The Morgan fingerprint density at radius 2 is 1.72 bits per heavy atom. The number of halogens is 1. The van der Waals surface area contributed by atoms with Crippen LogP contribution in [0.2, 0.25) is 5.02 Å². The van der Waals surface area contributed by atoms with E-state index in [0.29, 0.717) is 5.56 Å². The summed E-state index contributed by atoms with van der Waals surface area (Å²) in [6.07, 6.45) is 5.76. The molecule has 1 aliphatic heterocycles. The Hall–Kier alpha value is -3.23. The Morgan fingerprint density at radius 3 is 2.49 bits per heavy atom. The van der Waals surface area contributed by atoms with Gasteiger partial charge in [-0.2, -0.15) is 0 Å². The molecule has 2 aliphatic rings. The fourth-order valence-corrected chi connectivity index (χ4v) is 6.68. The van der Waals surface area contributed by atoms with Crippen molar-refractivity contribution in [1.82, 2.24) is 30.1 Å². The highest BCUT2D eigenvalue weighted by Crippen LogP contribution is 2.34. The number of rotatable bonds is 5. The van der Waals surface area contributed by atoms with Crippen LogP contribution in [-0.4, -0.2) is 56.3 Å². The lowest BCUT2D eigenvalue weighted by atomic mass is 9.95. The van der Waals surface area contributed by atoms with Gasteiger partial charge in [0.2, 0.25) is 0 Å². The number of hydrogen-bond acceptors (Lipinski definition) is 6. The van der Waals surface area contributed by atoms with Crippen LogP contribution < -0.4 is 10.5 Å². The summed E-state index contributed by atoms with van der Waals surface area (Å²) >= 11 is 6.34. The Labute approximate surface area is 234 Å². The van der Waals surface area contributed by atoms with Crippen molar-refractivity contribution in [3.8, 4) is 0 Å². The second-order valence-electron chi connectivity index (χ2n) is 11.2. The van der Waals surface area contributed by atoms with E-state index in [0.717, 1.165) is 66.3 Å². The molecule has 39 heavy (non-hydrogen) atoms. The van der Waals surface area contributed by atoms with Crippen LogP contribution in [0.25, 0.3) is 10.9 Å². The van der Waals surface area contributed by atoms with Crippen LogP contribution in [0, 0.1) is 20.8 Å². The average molecular weight is 546 g/mol. The number of nitrogens with one attached hydrogen (secondary N) is 1. The third kappa shape index (κ3) is 5.08. The van der Waals surface area contributed by atoms with E-state index in [9.17, 15) is 4.79 Å². The van der Waals surface area contributed by atoms with Crippen molar-refractivity contribution < 1.29 is 0 Å². The molecule has 1 atom stereocenters. The molecule has 1 N–H and O–H groups in total. The van der Waals surface area contributed by atoms with E-state index < -0.39 is 0 Å². The quantitative estimate of drug-likeness (QED) is 0.356. The van der Waals surface area contributed by atoms with Crippen LogP contribution in [0.1, 0.15) is 72.3 Å². The Kier molecular flexibility index (Phi) is 7.16. The largest absolute Gasteiger partial charge is 0.369 e. The topological polar surface area (TPSA) is 82.9 Å². The van der Waals surface area contributed by atoms with Crippen molar-refractivity contribution in [3.05, 3.63) is 79.9 Å². The molecule has 4 aromatic rings. The van der Waals surface area contributed by atoms with E-state index >= 15 is 0 Å². The van der Waals surface area contributed by atoms with Crippen LogP contribution in [0.15, 0.2) is 41.2 Å². The van der Waals surface area contributed by atoms with Gasteiger partial charge >= 0.3 is 0 Å². The van der Waals surface area contributed by atoms with E-state index in [1.165, 1.54) is 36.1 Å². The van der Waals surface area contributed by atoms with Gasteiger partial charge in [0.05, 0.1) is 11.6 Å². The maximum Gasteiger partial charge on any atom is 0.253 e. The molecule has 0 bridgehead atoms. The number of tetrazole rings is 1. The third-order valence-corrected chi connectivity index (χ3v) is 8.73. The number of benzene rings is 2. The number of pyridine rings is 1. The van der Waals surface area contributed by atoms with Crippen molar-refractivity contribution in [3.63, 3.8) is 0 Å². The molecule has 1 saturated heterocycles. The van der Waals surface area contributed by atoms with Gasteiger partial charge in [0, 0.05) is 42.5 Å². The molecule has 0 unspecified atom stereocenters. The first-order valence-corrected chi connectivity index (χ1v) is 14.4. The maximum atomic E-state index is 13.7. The fraction of sp³-hybridized carbons (Fsp3) is 0.467. The molecule has 0 radical (unpaired) electrons. The summed E-state index contributed by atoms with van der Waals surface area (Å²) in [5, 5.41) is 15.0. The summed E-state index contributed by atoms with van der Waals surface area (Å²) in [6, 6.07) is 12.3. The van der Waals surface area contributed by atoms with E-state index in [1.807, 2.05) is 23.7 Å². The predicted molar refractivity (Wildman–Crippen MR) is 156 cm³/mol. The van der Waals surface area contributed by atoms with Gasteiger partial charge < -0.3 is 9.88 Å². The number of piperazine rings is 1. The highest BCUT2D eigenvalue weighted by atomic mass is 35.5. The summed E-state index contributed by atoms with van der Waals surface area (Å²) in [5.41, 5.74) is 6.14. The van der Waals surface area contributed by atoms with Gasteiger partial charge in [-0.25, -0.2) is 4.68 Å². The second kappa shape index (κ2) is 10.7. The first-order valence-electron chi connectivity index (χ1n) is 14.1. The van der Waals surface area contributed by atoms with E-state index in [2.05, 4.69) is 68.4 Å². The van der Waals surface area contributed by atoms with E-state index in [1.54, 1.807) is 0 Å². The maximum absolute atomic E-state index is 13.7. The highest BCUT2D eigenvalue weighted by Gasteiger charge is 2.34. The minimum atomic E-state index is -0.335. The standard InChI is InChI=1S/C30H36ClN7O/c1-19-15-21(3)27-22(16-19)17-25(30(39)32-27)28(29-33-34-35-38(29)24-7-5-4-6-8-24)37-13-11-36(12-14-37)26-18-23(31)10-9-20(26)2/h9-10,15-18,24,28H,4-8,11-14H2,1-3H3,(H,32,39)/t28-/m0/s1. The number of aromatic nitrogens is 5. The first-order chi connectivity index (χ1) is 18.9. The summed E-state index contributed by atoms with van der Waals surface area (Å²) in [4.78, 5) is 21.7. The predicted octanol–water partition coefficient (Wildman–Crippen LogP) is 5.51. The zero-order valence-corrected chi connectivity index (χ0v) is 23.7. The molecule has 1 aliphatic carbocycles. The van der Waals surface area contributed by atoms with Gasteiger partial charge in [-0.15, -0.1) is 5.10 Å². The van der Waals surface area contributed by atoms with Crippen molar-refractivity contribution in [2.24, 2.45) is 0 Å². The number of aryl methyl sites for hydroxylation is 3. The summed E-state index contributed by atoms with van der Waals surface area (Å²) in [5.74, 6) is 0.767. The number of anilines is 1. The molecular formula is C30H36ClN7O. The molecule has 2 aromatic carbocycles. The third-order valence-electron chi connectivity index (χ3n) is 8.49. The first kappa shape index (κ1) is 26.0. The van der Waals surface area contributed by atoms with E-state index in [4.69, 9.17) is 11.6 Å². The van der Waals surface area contributed by atoms with Gasteiger partial charge in [0.25, 0.3) is 5.56 Å². The Balaban J connectivity index is 1.40. The monoisotopic (exact) mass is 545 g/mol. The molecule has 2 fully saturated rings. The molecule has 9 heteroatoms. The lowest BCUT2D eigenvalue weighted by Gasteiger charge is -2.40. The molecule has 3 heterocycles. The van der Waals surface area contributed by atoms with Crippen LogP contribution in [0.5, 0.6) is 0 Å². The van der Waals surface area contributed by atoms with Gasteiger partial charge in [-0.05, 0) is 84.8 Å². The number of fused-ring (bicyclic) bond motifs is 1. The second-order valence-corrected chi connectivity index (χ2v) is 11.7. The molecule has 2 aromatic heterocycles. The van der Waals surface area contributed by atoms with Crippen molar-refractivity contribution in [1.29, 1.82) is 0 Å². The van der Waals surface area contributed by atoms with Crippen molar-refractivity contribution >= 4 is 28.2 Å². The summed E-state index contributed by atoms with van der Waals surface area (Å²) in [7, 11) is 0. The molecule has 204 valence electrons. The minimum absolute atomic E-state index is 0.0780. The average Bonchev–Trinajstić information content (AvgIpc) is 3.41. The summed E-state index contributed by atoms with van der Waals surface area (Å²) < 4.78 is 2.02. The molecule has 0 spiro atoms. The molecule has 8 nitrogen and oxygen atoms in total. The van der Waals surface area contributed by atoms with Crippen LogP contribution in [0.4, 0.5) is 5.69 Å². The lowest BCUT2D eigenvalue weighted by molar-refractivity contribution is 0.192. The lowest BCUT2D eigenvalue weighted by Crippen LogP contribution is -2.49. The minimum Gasteiger partial charge on any atom is -0.369 e. The van der Waals surface area contributed by atoms with Gasteiger partial charge in [0.1, 0.15) is 6.04 Å². The fourth-order valence-electron chi connectivity index (χ4n) is 6.52. The SMILES string of the molecule is Cc1cc(C)c2[nH]c(=O)c([C@@H](c3nnnn3C3CCCCC3)N3CCN(c4cc(Cl)ccc4C)CC3)cc2c1.